The van der Waals surface area contributed by atoms with Crippen molar-refractivity contribution in [1.82, 2.24) is 0 Å². The van der Waals surface area contributed by atoms with Crippen LogP contribution < -0.4 is 0 Å². The molecule has 3 heteroatoms. The molecule has 2 unspecified atom stereocenters. The first-order valence-corrected chi connectivity index (χ1v) is 5.21. The number of aliphatic carboxylic acids is 1. The van der Waals surface area contributed by atoms with Crippen LogP contribution in [0.5, 0.6) is 0 Å². The standard InChI is InChI=1S/C11H20O3/c1-10(2)6-4-5-8(7-10)11(3,14)9(12)13/h8,14H,4-7H2,1-3H3,(H,12,13). The molecule has 0 saturated heterocycles. The zero-order chi connectivity index (χ0) is 11.0. The lowest BCUT2D eigenvalue weighted by Crippen LogP contribution is -2.46. The average molecular weight is 200 g/mol. The highest BCUT2D eigenvalue weighted by Crippen LogP contribution is 2.42. The van der Waals surface area contributed by atoms with E-state index in [9.17, 15) is 9.90 Å². The molecule has 1 saturated carbocycles. The van der Waals surface area contributed by atoms with Crippen molar-refractivity contribution >= 4 is 5.97 Å². The Kier molecular flexibility index (Phi) is 2.91. The van der Waals surface area contributed by atoms with Crippen LogP contribution in [0.4, 0.5) is 0 Å². The number of carboxylic acids is 1. The monoisotopic (exact) mass is 200 g/mol. The smallest absolute Gasteiger partial charge is 0.335 e. The fourth-order valence-corrected chi connectivity index (χ4v) is 2.35. The van der Waals surface area contributed by atoms with Gasteiger partial charge in [-0.1, -0.05) is 20.3 Å². The normalized spacial score (nSPS) is 30.7. The van der Waals surface area contributed by atoms with Gasteiger partial charge in [-0.3, -0.25) is 0 Å². The Bertz CT molecular complexity index is 231. The Morgan fingerprint density at radius 1 is 1.50 bits per heavy atom. The van der Waals surface area contributed by atoms with E-state index in [1.807, 2.05) is 0 Å². The van der Waals surface area contributed by atoms with E-state index < -0.39 is 11.6 Å². The van der Waals surface area contributed by atoms with E-state index in [1.165, 1.54) is 6.92 Å². The van der Waals surface area contributed by atoms with Gasteiger partial charge in [0.2, 0.25) is 0 Å². The lowest BCUT2D eigenvalue weighted by atomic mass is 9.67. The average Bonchev–Trinajstić information content (AvgIpc) is 2.02. The van der Waals surface area contributed by atoms with Gasteiger partial charge >= 0.3 is 5.97 Å². The molecule has 2 atom stereocenters. The number of carboxylic acid groups (broad SMARTS) is 1. The Morgan fingerprint density at radius 2 is 2.07 bits per heavy atom. The lowest BCUT2D eigenvalue weighted by molar-refractivity contribution is -0.165. The minimum Gasteiger partial charge on any atom is -0.479 e. The third-order valence-electron chi connectivity index (χ3n) is 3.43. The number of hydrogen-bond acceptors (Lipinski definition) is 2. The summed E-state index contributed by atoms with van der Waals surface area (Å²) < 4.78 is 0. The molecular formula is C11H20O3. The van der Waals surface area contributed by atoms with E-state index >= 15 is 0 Å². The molecule has 0 radical (unpaired) electrons. The van der Waals surface area contributed by atoms with Crippen LogP contribution in [0, 0.1) is 11.3 Å². The van der Waals surface area contributed by atoms with Crippen molar-refractivity contribution in [2.75, 3.05) is 0 Å². The molecule has 0 aliphatic heterocycles. The first-order valence-electron chi connectivity index (χ1n) is 5.21. The van der Waals surface area contributed by atoms with Gasteiger partial charge in [-0.2, -0.15) is 0 Å². The Morgan fingerprint density at radius 3 is 2.50 bits per heavy atom. The molecule has 0 spiro atoms. The lowest BCUT2D eigenvalue weighted by Gasteiger charge is -2.40. The second-order valence-electron chi connectivity index (χ2n) is 5.41. The fourth-order valence-electron chi connectivity index (χ4n) is 2.35. The third-order valence-corrected chi connectivity index (χ3v) is 3.43. The molecular weight excluding hydrogens is 180 g/mol. The van der Waals surface area contributed by atoms with E-state index in [0.717, 1.165) is 25.7 Å². The molecule has 1 aliphatic carbocycles. The molecule has 1 aliphatic rings. The summed E-state index contributed by atoms with van der Waals surface area (Å²) in [5, 5.41) is 18.8. The number of carbonyl (C=O) groups is 1. The molecule has 1 fully saturated rings. The Hall–Kier alpha value is -0.570. The maximum atomic E-state index is 10.9. The van der Waals surface area contributed by atoms with Gasteiger partial charge in [0.25, 0.3) is 0 Å². The van der Waals surface area contributed by atoms with Crippen LogP contribution in [0.15, 0.2) is 0 Å². The van der Waals surface area contributed by atoms with Crippen LogP contribution in [0.3, 0.4) is 0 Å². The molecule has 1 rings (SSSR count). The molecule has 0 aromatic heterocycles. The predicted molar refractivity (Wildman–Crippen MR) is 54.0 cm³/mol. The summed E-state index contributed by atoms with van der Waals surface area (Å²) in [6, 6.07) is 0. The van der Waals surface area contributed by atoms with Crippen LogP contribution in [-0.2, 0) is 4.79 Å². The van der Waals surface area contributed by atoms with Crippen molar-refractivity contribution in [3.8, 4) is 0 Å². The van der Waals surface area contributed by atoms with Gasteiger partial charge in [-0.15, -0.1) is 0 Å². The largest absolute Gasteiger partial charge is 0.479 e. The predicted octanol–water partition coefficient (Wildman–Crippen LogP) is 2.04. The summed E-state index contributed by atoms with van der Waals surface area (Å²) >= 11 is 0. The van der Waals surface area contributed by atoms with Gasteiger partial charge < -0.3 is 10.2 Å². The zero-order valence-electron chi connectivity index (χ0n) is 9.21. The number of hydrogen-bond donors (Lipinski definition) is 2. The molecule has 14 heavy (non-hydrogen) atoms. The molecule has 82 valence electrons. The van der Waals surface area contributed by atoms with Crippen LogP contribution in [0.25, 0.3) is 0 Å². The maximum Gasteiger partial charge on any atom is 0.335 e. The highest BCUT2D eigenvalue weighted by Gasteiger charge is 2.43. The Labute approximate surface area is 85.1 Å². The Balaban J connectivity index is 2.74. The van der Waals surface area contributed by atoms with Crippen molar-refractivity contribution in [2.45, 2.75) is 52.1 Å². The van der Waals surface area contributed by atoms with Gasteiger partial charge in [0, 0.05) is 0 Å². The quantitative estimate of drug-likeness (QED) is 0.717. The van der Waals surface area contributed by atoms with E-state index in [2.05, 4.69) is 13.8 Å². The summed E-state index contributed by atoms with van der Waals surface area (Å²) in [6.45, 7) is 5.69. The summed E-state index contributed by atoms with van der Waals surface area (Å²) in [4.78, 5) is 10.9. The van der Waals surface area contributed by atoms with Crippen molar-refractivity contribution in [1.29, 1.82) is 0 Å². The molecule has 0 heterocycles. The van der Waals surface area contributed by atoms with Gasteiger partial charge in [0.1, 0.15) is 0 Å². The second kappa shape index (κ2) is 3.54. The molecule has 2 N–H and O–H groups in total. The first kappa shape index (κ1) is 11.5. The summed E-state index contributed by atoms with van der Waals surface area (Å²) in [6.07, 6.45) is 3.76. The van der Waals surface area contributed by atoms with E-state index in [1.54, 1.807) is 0 Å². The van der Waals surface area contributed by atoms with Crippen LogP contribution in [0.1, 0.15) is 46.5 Å². The number of rotatable bonds is 2. The molecule has 0 amide bonds. The van der Waals surface area contributed by atoms with Crippen molar-refractivity contribution in [2.24, 2.45) is 11.3 Å². The van der Waals surface area contributed by atoms with Gasteiger partial charge in [-0.05, 0) is 37.5 Å². The summed E-state index contributed by atoms with van der Waals surface area (Å²) in [7, 11) is 0. The summed E-state index contributed by atoms with van der Waals surface area (Å²) in [5.74, 6) is -1.20. The van der Waals surface area contributed by atoms with Gasteiger partial charge in [-0.25, -0.2) is 4.79 Å². The van der Waals surface area contributed by atoms with Gasteiger partial charge in [0.05, 0.1) is 0 Å². The van der Waals surface area contributed by atoms with Crippen LogP contribution in [0.2, 0.25) is 0 Å². The molecule has 0 aromatic rings. The first-order chi connectivity index (χ1) is 6.26. The fraction of sp³-hybridized carbons (Fsp3) is 0.909. The zero-order valence-corrected chi connectivity index (χ0v) is 9.21. The van der Waals surface area contributed by atoms with Gasteiger partial charge in [0.15, 0.2) is 5.60 Å². The second-order valence-corrected chi connectivity index (χ2v) is 5.41. The maximum absolute atomic E-state index is 10.9. The van der Waals surface area contributed by atoms with E-state index in [-0.39, 0.29) is 11.3 Å². The minimum absolute atomic E-state index is 0.108. The topological polar surface area (TPSA) is 57.5 Å². The molecule has 0 aromatic carbocycles. The molecule has 3 nitrogen and oxygen atoms in total. The highest BCUT2D eigenvalue weighted by molar-refractivity contribution is 5.76. The molecule has 0 bridgehead atoms. The van der Waals surface area contributed by atoms with Crippen LogP contribution >= 0.6 is 0 Å². The highest BCUT2D eigenvalue weighted by atomic mass is 16.4. The third kappa shape index (κ3) is 2.27. The van der Waals surface area contributed by atoms with E-state index in [0.29, 0.717) is 0 Å². The van der Waals surface area contributed by atoms with Crippen molar-refractivity contribution in [3.63, 3.8) is 0 Å². The van der Waals surface area contributed by atoms with E-state index in [4.69, 9.17) is 5.11 Å². The van der Waals surface area contributed by atoms with Crippen molar-refractivity contribution < 1.29 is 15.0 Å². The minimum atomic E-state index is -1.56. The van der Waals surface area contributed by atoms with Crippen LogP contribution in [-0.4, -0.2) is 21.8 Å². The SMILES string of the molecule is CC1(C)CCCC(C(C)(O)C(=O)O)C1. The summed E-state index contributed by atoms with van der Waals surface area (Å²) in [5.41, 5.74) is -1.39. The van der Waals surface area contributed by atoms with Crippen molar-refractivity contribution in [3.05, 3.63) is 0 Å². The number of aliphatic hydroxyl groups is 1.